The predicted molar refractivity (Wildman–Crippen MR) is 69.6 cm³/mol. The van der Waals surface area contributed by atoms with Crippen molar-refractivity contribution in [2.75, 3.05) is 0 Å². The first-order chi connectivity index (χ1) is 7.62. The van der Waals surface area contributed by atoms with Crippen LogP contribution in [-0.2, 0) is 27.3 Å². The molecule has 0 aromatic heterocycles. The number of rotatable bonds is 1. The topological polar surface area (TPSA) is 0 Å². The summed E-state index contributed by atoms with van der Waals surface area (Å²) in [6, 6.07) is 4.59. The van der Waals surface area contributed by atoms with Gasteiger partial charge in [0.05, 0.1) is 0 Å². The zero-order valence-corrected chi connectivity index (χ0v) is 13.9. The van der Waals surface area contributed by atoms with Crippen LogP contribution in [0.2, 0.25) is 0 Å². The third kappa shape index (κ3) is 3.72. The second kappa shape index (κ2) is 6.99. The number of aryl methyl sites for hydroxylation is 2. The van der Waals surface area contributed by atoms with Crippen LogP contribution in [0.15, 0.2) is 17.7 Å². The van der Waals surface area contributed by atoms with Crippen molar-refractivity contribution in [3.05, 3.63) is 40.0 Å². The molecule has 0 saturated heterocycles. The first kappa shape index (κ1) is 14.5. The fraction of sp³-hybridized carbons (Fsp3) is 0.385. The van der Waals surface area contributed by atoms with E-state index in [0.29, 0.717) is 0 Å². The van der Waals surface area contributed by atoms with Crippen molar-refractivity contribution in [1.29, 1.82) is 0 Å². The van der Waals surface area contributed by atoms with E-state index in [0.717, 1.165) is 0 Å². The van der Waals surface area contributed by atoms with Gasteiger partial charge in [0.15, 0.2) is 0 Å². The molecule has 0 N–H and O–H groups in total. The summed E-state index contributed by atoms with van der Waals surface area (Å²) in [5.74, 6) is 0. The molecule has 0 unspecified atom stereocenters. The predicted octanol–water partition coefficient (Wildman–Crippen LogP) is 5.03. The number of allylic oxidation sites excluding steroid dienone is 1. The van der Waals surface area contributed by atoms with Gasteiger partial charge in [-0.15, -0.1) is 0 Å². The van der Waals surface area contributed by atoms with E-state index in [4.69, 9.17) is 17.0 Å². The molecule has 0 nitrogen and oxygen atoms in total. The standard InChI is InChI=1S/C13H16.2ClH.Zr/c1-4-11-7-12-6-9(2)5-10(3)13(12)8-11;;;/h5-6,8H,4,7H2,1-3H3;2*1H;/q;;;+2/p-2. The molecular formula is C13H16Cl2Zr. The van der Waals surface area contributed by atoms with E-state index >= 15 is 0 Å². The van der Waals surface area contributed by atoms with E-state index in [1.165, 1.54) is 35.1 Å². The van der Waals surface area contributed by atoms with Gasteiger partial charge in [0, 0.05) is 0 Å². The maximum atomic E-state index is 4.93. The molecule has 0 radical (unpaired) electrons. The third-order valence-electron chi connectivity index (χ3n) is 2.84. The molecule has 86 valence electrons. The fourth-order valence-electron chi connectivity index (χ4n) is 2.15. The average molecular weight is 334 g/mol. The van der Waals surface area contributed by atoms with E-state index in [1.807, 2.05) is 0 Å². The molecule has 16 heavy (non-hydrogen) atoms. The Morgan fingerprint density at radius 1 is 1.25 bits per heavy atom. The third-order valence-corrected chi connectivity index (χ3v) is 2.84. The van der Waals surface area contributed by atoms with Crippen LogP contribution in [0.5, 0.6) is 0 Å². The minimum absolute atomic E-state index is 0.826. The molecule has 0 amide bonds. The Morgan fingerprint density at radius 3 is 2.44 bits per heavy atom. The van der Waals surface area contributed by atoms with Gasteiger partial charge in [-0.2, -0.15) is 0 Å². The molecule has 2 rings (SSSR count). The maximum absolute atomic E-state index is 4.93. The van der Waals surface area contributed by atoms with Gasteiger partial charge in [0.2, 0.25) is 0 Å². The molecule has 0 heterocycles. The van der Waals surface area contributed by atoms with Gasteiger partial charge in [-0.05, 0) is 43.4 Å². The van der Waals surface area contributed by atoms with Crippen molar-refractivity contribution in [2.45, 2.75) is 33.6 Å². The Morgan fingerprint density at radius 2 is 1.88 bits per heavy atom. The molecule has 1 aromatic rings. The molecule has 1 aliphatic rings. The quantitative estimate of drug-likeness (QED) is 0.676. The van der Waals surface area contributed by atoms with E-state index in [9.17, 15) is 0 Å². The number of hydrogen-bond acceptors (Lipinski definition) is 0. The van der Waals surface area contributed by atoms with Crippen molar-refractivity contribution in [2.24, 2.45) is 0 Å². The molecule has 0 bridgehead atoms. The van der Waals surface area contributed by atoms with Crippen LogP contribution in [0, 0.1) is 13.8 Å². The van der Waals surface area contributed by atoms with Gasteiger partial charge >= 0.3 is 37.9 Å². The molecule has 0 fully saturated rings. The van der Waals surface area contributed by atoms with E-state index in [-0.39, 0.29) is 0 Å². The van der Waals surface area contributed by atoms with E-state index < -0.39 is 20.8 Å². The first-order valence-electron chi connectivity index (χ1n) is 5.38. The van der Waals surface area contributed by atoms with E-state index in [2.05, 4.69) is 39.0 Å². The number of benzene rings is 1. The van der Waals surface area contributed by atoms with Crippen LogP contribution < -0.4 is 0 Å². The van der Waals surface area contributed by atoms with Crippen molar-refractivity contribution in [1.82, 2.24) is 0 Å². The van der Waals surface area contributed by atoms with Gasteiger partial charge < -0.3 is 0 Å². The van der Waals surface area contributed by atoms with Crippen LogP contribution in [0.1, 0.15) is 35.6 Å². The van der Waals surface area contributed by atoms with Crippen LogP contribution in [0.3, 0.4) is 0 Å². The Bertz CT molecular complexity index is 397. The number of hydrogen-bond donors (Lipinski definition) is 0. The second-order valence-electron chi connectivity index (χ2n) is 4.06. The zero-order valence-electron chi connectivity index (χ0n) is 9.90. The monoisotopic (exact) mass is 332 g/mol. The molecule has 0 atom stereocenters. The normalized spacial score (nSPS) is 12.4. The summed E-state index contributed by atoms with van der Waals surface area (Å²) >= 11 is -0.826. The van der Waals surface area contributed by atoms with Crippen molar-refractivity contribution < 1.29 is 20.8 Å². The summed E-state index contributed by atoms with van der Waals surface area (Å²) in [5, 5.41) is 0. The van der Waals surface area contributed by atoms with Gasteiger partial charge in [-0.3, -0.25) is 0 Å². The molecule has 1 aromatic carbocycles. The van der Waals surface area contributed by atoms with Gasteiger partial charge in [0.1, 0.15) is 0 Å². The first-order valence-corrected chi connectivity index (χ1v) is 11.7. The summed E-state index contributed by atoms with van der Waals surface area (Å²) in [6.07, 6.45) is 4.73. The summed E-state index contributed by atoms with van der Waals surface area (Å²) in [7, 11) is 9.87. The fourth-order valence-corrected chi connectivity index (χ4v) is 2.15. The van der Waals surface area contributed by atoms with Crippen LogP contribution in [0.25, 0.3) is 6.08 Å². The Balaban J connectivity index is 0.000000386. The Hall–Kier alpha value is 0.423. The summed E-state index contributed by atoms with van der Waals surface area (Å²) < 4.78 is 0. The molecule has 0 saturated carbocycles. The zero-order chi connectivity index (χ0) is 12.1. The molecule has 1 aliphatic carbocycles. The van der Waals surface area contributed by atoms with Crippen LogP contribution in [-0.4, -0.2) is 0 Å². The van der Waals surface area contributed by atoms with Crippen molar-refractivity contribution in [3.63, 3.8) is 0 Å². The Labute approximate surface area is 117 Å². The summed E-state index contributed by atoms with van der Waals surface area (Å²) in [4.78, 5) is 0. The number of fused-ring (bicyclic) bond motifs is 1. The van der Waals surface area contributed by atoms with Gasteiger partial charge in [0.25, 0.3) is 0 Å². The average Bonchev–Trinajstić information content (AvgIpc) is 2.62. The summed E-state index contributed by atoms with van der Waals surface area (Å²) in [5.41, 5.74) is 7.39. The molecule has 3 heteroatoms. The van der Waals surface area contributed by atoms with Crippen molar-refractivity contribution >= 4 is 23.1 Å². The SMILES string of the molecule is CCC1=Cc2c(C)cc(C)cc2C1.[Cl][Zr][Cl]. The van der Waals surface area contributed by atoms with Gasteiger partial charge in [-0.25, -0.2) is 0 Å². The molecule has 0 spiro atoms. The minimum atomic E-state index is -0.826. The van der Waals surface area contributed by atoms with Gasteiger partial charge in [-0.1, -0.05) is 36.3 Å². The van der Waals surface area contributed by atoms with Crippen molar-refractivity contribution in [3.8, 4) is 0 Å². The van der Waals surface area contributed by atoms with Crippen LogP contribution in [0.4, 0.5) is 0 Å². The number of halogens is 2. The Kier molecular flexibility index (Phi) is 6.33. The molecular weight excluding hydrogens is 318 g/mol. The van der Waals surface area contributed by atoms with E-state index in [1.54, 1.807) is 5.57 Å². The molecule has 0 aliphatic heterocycles. The second-order valence-corrected chi connectivity index (χ2v) is 7.79. The summed E-state index contributed by atoms with van der Waals surface area (Å²) in [6.45, 7) is 6.62. The van der Waals surface area contributed by atoms with Crippen LogP contribution >= 0.6 is 17.0 Å².